The van der Waals surface area contributed by atoms with Crippen LogP contribution in [-0.2, 0) is 0 Å². The van der Waals surface area contributed by atoms with Gasteiger partial charge in [-0.1, -0.05) is 0 Å². The minimum Gasteiger partial charge on any atom is -0.369 e. The van der Waals surface area contributed by atoms with Crippen LogP contribution in [0.2, 0.25) is 0 Å². The lowest BCUT2D eigenvalue weighted by atomic mass is 10.2. The van der Waals surface area contributed by atoms with Gasteiger partial charge in [-0.2, -0.15) is 4.99 Å². The predicted octanol–water partition coefficient (Wildman–Crippen LogP) is 2.17. The van der Waals surface area contributed by atoms with E-state index in [0.717, 1.165) is 31.9 Å². The van der Waals surface area contributed by atoms with Gasteiger partial charge in [0.15, 0.2) is 0 Å². The molecule has 1 aliphatic rings. The summed E-state index contributed by atoms with van der Waals surface area (Å²) in [5.74, 6) is 0. The molecule has 16 heavy (non-hydrogen) atoms. The van der Waals surface area contributed by atoms with Crippen LogP contribution >= 0.6 is 12.2 Å². The number of nitrogens with zero attached hydrogens (tertiary/aromatic N) is 3. The van der Waals surface area contributed by atoms with Crippen molar-refractivity contribution in [2.45, 2.75) is 0 Å². The third-order valence-electron chi connectivity index (χ3n) is 2.89. The van der Waals surface area contributed by atoms with E-state index in [1.807, 2.05) is 12.1 Å². The van der Waals surface area contributed by atoms with Gasteiger partial charge in [-0.25, -0.2) is 0 Å². The zero-order valence-electron chi connectivity index (χ0n) is 9.39. The van der Waals surface area contributed by atoms with Gasteiger partial charge in [0, 0.05) is 31.9 Å². The molecule has 3 nitrogen and oxygen atoms in total. The van der Waals surface area contributed by atoms with Gasteiger partial charge in [0.05, 0.1) is 10.8 Å². The monoisotopic (exact) mass is 233 g/mol. The van der Waals surface area contributed by atoms with Crippen molar-refractivity contribution >= 4 is 28.8 Å². The number of isothiocyanates is 1. The number of anilines is 1. The summed E-state index contributed by atoms with van der Waals surface area (Å²) in [6.45, 7) is 4.43. The Morgan fingerprint density at radius 1 is 1.12 bits per heavy atom. The molecule has 1 heterocycles. The van der Waals surface area contributed by atoms with Crippen molar-refractivity contribution in [2.24, 2.45) is 4.99 Å². The van der Waals surface area contributed by atoms with Crippen LogP contribution in [-0.4, -0.2) is 43.3 Å². The molecule has 2 rings (SSSR count). The van der Waals surface area contributed by atoms with Gasteiger partial charge in [0.1, 0.15) is 0 Å². The summed E-state index contributed by atoms with van der Waals surface area (Å²) in [4.78, 5) is 8.69. The van der Waals surface area contributed by atoms with Crippen molar-refractivity contribution in [3.05, 3.63) is 24.3 Å². The molecule has 0 N–H and O–H groups in total. The molecule has 0 aromatic heterocycles. The first-order valence-electron chi connectivity index (χ1n) is 5.41. The Bertz CT molecular complexity index is 387. The first kappa shape index (κ1) is 11.3. The summed E-state index contributed by atoms with van der Waals surface area (Å²) in [6.07, 6.45) is 0. The Balaban J connectivity index is 2.07. The number of hydrogen-bond acceptors (Lipinski definition) is 4. The summed E-state index contributed by atoms with van der Waals surface area (Å²) in [7, 11) is 2.16. The summed E-state index contributed by atoms with van der Waals surface area (Å²) in [5, 5.41) is 2.38. The fourth-order valence-electron chi connectivity index (χ4n) is 1.86. The summed E-state index contributed by atoms with van der Waals surface area (Å²) < 4.78 is 0. The van der Waals surface area contributed by atoms with Crippen molar-refractivity contribution in [1.82, 2.24) is 4.90 Å². The van der Waals surface area contributed by atoms with Crippen LogP contribution in [0, 0.1) is 0 Å². The summed E-state index contributed by atoms with van der Waals surface area (Å²) in [6, 6.07) is 8.15. The van der Waals surface area contributed by atoms with E-state index in [0.29, 0.717) is 0 Å². The average molecular weight is 233 g/mol. The van der Waals surface area contributed by atoms with E-state index in [-0.39, 0.29) is 0 Å². The Labute approximate surface area is 101 Å². The van der Waals surface area contributed by atoms with Crippen molar-refractivity contribution in [3.8, 4) is 0 Å². The number of likely N-dealkylation sites (N-methyl/N-ethyl adjacent to an activating group) is 1. The van der Waals surface area contributed by atoms with Crippen LogP contribution in [0.5, 0.6) is 0 Å². The first-order chi connectivity index (χ1) is 7.79. The molecule has 0 spiro atoms. The Kier molecular flexibility index (Phi) is 3.67. The lowest BCUT2D eigenvalue weighted by Crippen LogP contribution is -2.44. The minimum absolute atomic E-state index is 0.868. The Morgan fingerprint density at radius 3 is 2.31 bits per heavy atom. The molecule has 1 aliphatic heterocycles. The minimum atomic E-state index is 0.868. The number of thiocarbonyl (C=S) groups is 1. The van der Waals surface area contributed by atoms with Gasteiger partial charge in [0.25, 0.3) is 0 Å². The molecule has 0 aliphatic carbocycles. The molecule has 0 bridgehead atoms. The molecule has 84 valence electrons. The lowest BCUT2D eigenvalue weighted by Gasteiger charge is -2.34. The second kappa shape index (κ2) is 5.21. The number of benzene rings is 1. The maximum absolute atomic E-state index is 4.57. The van der Waals surface area contributed by atoms with Crippen LogP contribution in [0.1, 0.15) is 0 Å². The molecule has 0 atom stereocenters. The van der Waals surface area contributed by atoms with Crippen LogP contribution in [0.3, 0.4) is 0 Å². The smallest absolute Gasteiger partial charge is 0.0741 e. The number of rotatable bonds is 2. The van der Waals surface area contributed by atoms with Gasteiger partial charge < -0.3 is 9.80 Å². The lowest BCUT2D eigenvalue weighted by molar-refractivity contribution is 0.313. The maximum atomic E-state index is 4.57. The van der Waals surface area contributed by atoms with Gasteiger partial charge in [0.2, 0.25) is 0 Å². The average Bonchev–Trinajstić information content (AvgIpc) is 2.32. The van der Waals surface area contributed by atoms with E-state index in [2.05, 4.69) is 51.4 Å². The molecule has 1 saturated heterocycles. The highest BCUT2D eigenvalue weighted by atomic mass is 32.1. The van der Waals surface area contributed by atoms with E-state index >= 15 is 0 Å². The molecule has 0 amide bonds. The van der Waals surface area contributed by atoms with E-state index in [1.165, 1.54) is 5.69 Å². The zero-order chi connectivity index (χ0) is 11.4. The van der Waals surface area contributed by atoms with Gasteiger partial charge in [-0.15, -0.1) is 0 Å². The molecular formula is C12H15N3S. The van der Waals surface area contributed by atoms with E-state index in [9.17, 15) is 0 Å². The number of aliphatic imine (C=N–C) groups is 1. The highest BCUT2D eigenvalue weighted by Crippen LogP contribution is 2.20. The normalized spacial score (nSPS) is 16.9. The highest BCUT2D eigenvalue weighted by Gasteiger charge is 2.13. The number of hydrogen-bond donors (Lipinski definition) is 0. The fraction of sp³-hybridized carbons (Fsp3) is 0.417. The Morgan fingerprint density at radius 2 is 1.75 bits per heavy atom. The van der Waals surface area contributed by atoms with Crippen molar-refractivity contribution in [2.75, 3.05) is 38.1 Å². The van der Waals surface area contributed by atoms with Crippen LogP contribution in [0.25, 0.3) is 0 Å². The van der Waals surface area contributed by atoms with Crippen molar-refractivity contribution in [3.63, 3.8) is 0 Å². The molecule has 0 unspecified atom stereocenters. The van der Waals surface area contributed by atoms with Crippen LogP contribution < -0.4 is 4.90 Å². The van der Waals surface area contributed by atoms with Crippen LogP contribution in [0.4, 0.5) is 11.4 Å². The SMILES string of the molecule is CN1CCN(c2ccc(N=C=S)cc2)CC1. The quantitative estimate of drug-likeness (QED) is 0.576. The highest BCUT2D eigenvalue weighted by molar-refractivity contribution is 7.78. The van der Waals surface area contributed by atoms with E-state index in [4.69, 9.17) is 0 Å². The zero-order valence-corrected chi connectivity index (χ0v) is 10.2. The predicted molar refractivity (Wildman–Crippen MR) is 70.8 cm³/mol. The van der Waals surface area contributed by atoms with Crippen LogP contribution in [0.15, 0.2) is 29.3 Å². The van der Waals surface area contributed by atoms with E-state index < -0.39 is 0 Å². The largest absolute Gasteiger partial charge is 0.369 e. The molecule has 1 fully saturated rings. The third kappa shape index (κ3) is 2.67. The summed E-state index contributed by atoms with van der Waals surface area (Å²) >= 11 is 4.57. The van der Waals surface area contributed by atoms with Crippen molar-refractivity contribution in [1.29, 1.82) is 0 Å². The fourth-order valence-corrected chi connectivity index (χ4v) is 1.96. The molecule has 1 aromatic rings. The first-order valence-corrected chi connectivity index (χ1v) is 5.82. The van der Waals surface area contributed by atoms with Gasteiger partial charge in [-0.05, 0) is 43.5 Å². The topological polar surface area (TPSA) is 18.8 Å². The number of piperazine rings is 1. The molecular weight excluding hydrogens is 218 g/mol. The van der Waals surface area contributed by atoms with E-state index in [1.54, 1.807) is 0 Å². The standard InChI is InChI=1S/C12H15N3S/c1-14-6-8-15(9-7-14)12-4-2-11(3-5-12)13-10-16/h2-5H,6-9H2,1H3. The van der Waals surface area contributed by atoms with Gasteiger partial charge in [-0.3, -0.25) is 0 Å². The summed E-state index contributed by atoms with van der Waals surface area (Å²) in [5.41, 5.74) is 2.13. The Hall–Kier alpha value is -1.22. The molecule has 1 aromatic carbocycles. The molecule has 0 saturated carbocycles. The van der Waals surface area contributed by atoms with Gasteiger partial charge >= 0.3 is 0 Å². The maximum Gasteiger partial charge on any atom is 0.0741 e. The van der Waals surface area contributed by atoms with Crippen molar-refractivity contribution < 1.29 is 0 Å². The third-order valence-corrected chi connectivity index (χ3v) is 2.98. The second-order valence-electron chi connectivity index (χ2n) is 4.01. The molecule has 0 radical (unpaired) electrons. The second-order valence-corrected chi connectivity index (χ2v) is 4.19. The molecule has 4 heteroatoms.